The number of ketones is 1. The number of carbonyl (C=O) groups is 3. The van der Waals surface area contributed by atoms with E-state index in [4.69, 9.17) is 19.3 Å². The first-order chi connectivity index (χ1) is 17.4. The third-order valence-corrected chi connectivity index (χ3v) is 4.91. The molecule has 0 bridgehead atoms. The maximum absolute atomic E-state index is 12.5. The summed E-state index contributed by atoms with van der Waals surface area (Å²) in [7, 11) is 0. The molecule has 1 amide bonds. The minimum atomic E-state index is -1.07. The molecule has 8 heteroatoms. The number of amides is 1. The number of allylic oxidation sites excluding steroid dienone is 1. The van der Waals surface area contributed by atoms with E-state index in [1.807, 2.05) is 25.1 Å². The quantitative estimate of drug-likeness (QED) is 0.276. The molecule has 0 heterocycles. The summed E-state index contributed by atoms with van der Waals surface area (Å²) in [5, 5.41) is 11.7. The molecule has 8 nitrogen and oxygen atoms in total. The smallest absolute Gasteiger partial charge is 0.344 e. The van der Waals surface area contributed by atoms with Crippen molar-refractivity contribution in [1.29, 1.82) is 0 Å². The molecule has 0 aromatic heterocycles. The van der Waals surface area contributed by atoms with Crippen LogP contribution in [0.4, 0.5) is 5.69 Å². The highest BCUT2D eigenvalue weighted by Gasteiger charge is 2.13. The SMILES string of the molecule is CCOc1cc(/C=C/C(=O)c2ccc(OC(C)C(=O)O)cc2)ccc1OCC(=O)Nc1ccccc1. The monoisotopic (exact) mass is 489 g/mol. The number of carbonyl (C=O) groups excluding carboxylic acids is 2. The normalized spacial score (nSPS) is 11.5. The largest absolute Gasteiger partial charge is 0.490 e. The van der Waals surface area contributed by atoms with Gasteiger partial charge in [-0.25, -0.2) is 4.79 Å². The fourth-order valence-electron chi connectivity index (χ4n) is 3.10. The molecule has 186 valence electrons. The summed E-state index contributed by atoms with van der Waals surface area (Å²) in [5.41, 5.74) is 1.82. The van der Waals surface area contributed by atoms with E-state index in [1.54, 1.807) is 60.7 Å². The van der Waals surface area contributed by atoms with Crippen LogP contribution in [-0.4, -0.2) is 42.1 Å². The summed E-state index contributed by atoms with van der Waals surface area (Å²) in [6.07, 6.45) is 2.08. The van der Waals surface area contributed by atoms with Crippen molar-refractivity contribution in [3.63, 3.8) is 0 Å². The van der Waals surface area contributed by atoms with Crippen LogP contribution in [0.15, 0.2) is 78.9 Å². The number of aliphatic carboxylic acids is 1. The number of ether oxygens (including phenoxy) is 3. The van der Waals surface area contributed by atoms with Gasteiger partial charge in [0, 0.05) is 11.3 Å². The van der Waals surface area contributed by atoms with Gasteiger partial charge >= 0.3 is 5.97 Å². The first kappa shape index (κ1) is 26.0. The molecule has 0 radical (unpaired) electrons. The van der Waals surface area contributed by atoms with E-state index < -0.39 is 12.1 Å². The van der Waals surface area contributed by atoms with Gasteiger partial charge in [-0.2, -0.15) is 0 Å². The number of hydrogen-bond donors (Lipinski definition) is 2. The van der Waals surface area contributed by atoms with Crippen LogP contribution in [0.25, 0.3) is 6.08 Å². The van der Waals surface area contributed by atoms with Crippen LogP contribution in [0.2, 0.25) is 0 Å². The molecule has 0 spiro atoms. The Kier molecular flexibility index (Phi) is 9.22. The maximum atomic E-state index is 12.5. The van der Waals surface area contributed by atoms with Gasteiger partial charge < -0.3 is 24.6 Å². The van der Waals surface area contributed by atoms with Crippen LogP contribution in [0.5, 0.6) is 17.2 Å². The number of benzene rings is 3. The zero-order chi connectivity index (χ0) is 25.9. The average Bonchev–Trinajstić information content (AvgIpc) is 2.88. The predicted octanol–water partition coefficient (Wildman–Crippen LogP) is 4.85. The van der Waals surface area contributed by atoms with E-state index in [0.29, 0.717) is 40.7 Å². The Bertz CT molecular complexity index is 1220. The predicted molar refractivity (Wildman–Crippen MR) is 136 cm³/mol. The Morgan fingerprint density at radius 3 is 2.33 bits per heavy atom. The molecule has 0 aliphatic carbocycles. The van der Waals surface area contributed by atoms with Crippen molar-refractivity contribution in [2.24, 2.45) is 0 Å². The van der Waals surface area contributed by atoms with Crippen molar-refractivity contribution < 1.29 is 33.7 Å². The van der Waals surface area contributed by atoms with Gasteiger partial charge in [0.25, 0.3) is 5.91 Å². The Labute approximate surface area is 209 Å². The summed E-state index contributed by atoms with van der Waals surface area (Å²) in [6.45, 7) is 3.47. The number of rotatable bonds is 12. The average molecular weight is 490 g/mol. The Hall–Kier alpha value is -4.59. The molecule has 0 saturated heterocycles. The molecule has 3 aromatic rings. The lowest BCUT2D eigenvalue weighted by atomic mass is 10.1. The number of anilines is 1. The summed E-state index contributed by atoms with van der Waals surface area (Å²) < 4.78 is 16.6. The summed E-state index contributed by atoms with van der Waals surface area (Å²) in [5.74, 6) is -0.379. The molecule has 36 heavy (non-hydrogen) atoms. The molecular weight excluding hydrogens is 462 g/mol. The summed E-state index contributed by atoms with van der Waals surface area (Å²) >= 11 is 0. The lowest BCUT2D eigenvalue weighted by Crippen LogP contribution is -2.22. The highest BCUT2D eigenvalue weighted by atomic mass is 16.5. The number of para-hydroxylation sites is 1. The molecule has 2 N–H and O–H groups in total. The lowest BCUT2D eigenvalue weighted by molar-refractivity contribution is -0.144. The molecule has 0 aliphatic heterocycles. The van der Waals surface area contributed by atoms with Gasteiger partial charge in [-0.3, -0.25) is 9.59 Å². The topological polar surface area (TPSA) is 111 Å². The van der Waals surface area contributed by atoms with E-state index >= 15 is 0 Å². The molecule has 0 fully saturated rings. The van der Waals surface area contributed by atoms with Gasteiger partial charge in [0.05, 0.1) is 6.61 Å². The first-order valence-corrected chi connectivity index (χ1v) is 11.3. The molecule has 3 rings (SSSR count). The Morgan fingerprint density at radius 2 is 1.67 bits per heavy atom. The molecule has 0 saturated carbocycles. The van der Waals surface area contributed by atoms with E-state index in [0.717, 1.165) is 0 Å². The van der Waals surface area contributed by atoms with E-state index in [-0.39, 0.29) is 18.3 Å². The van der Waals surface area contributed by atoms with Crippen LogP contribution < -0.4 is 19.5 Å². The number of nitrogens with one attached hydrogen (secondary N) is 1. The van der Waals surface area contributed by atoms with Gasteiger partial charge in [0.15, 0.2) is 30.0 Å². The highest BCUT2D eigenvalue weighted by Crippen LogP contribution is 2.29. The summed E-state index contributed by atoms with van der Waals surface area (Å²) in [6, 6.07) is 20.5. The molecule has 1 atom stereocenters. The van der Waals surface area contributed by atoms with Crippen molar-refractivity contribution in [3.8, 4) is 17.2 Å². The van der Waals surface area contributed by atoms with Crippen LogP contribution in [-0.2, 0) is 9.59 Å². The third-order valence-electron chi connectivity index (χ3n) is 4.91. The van der Waals surface area contributed by atoms with Crippen molar-refractivity contribution in [2.45, 2.75) is 20.0 Å². The second-order valence-corrected chi connectivity index (χ2v) is 7.66. The molecular formula is C28H27NO7. The van der Waals surface area contributed by atoms with Crippen LogP contribution in [0.3, 0.4) is 0 Å². The number of hydrogen-bond acceptors (Lipinski definition) is 6. The van der Waals surface area contributed by atoms with Crippen molar-refractivity contribution >= 4 is 29.4 Å². The zero-order valence-electron chi connectivity index (χ0n) is 20.0. The van der Waals surface area contributed by atoms with Crippen molar-refractivity contribution in [3.05, 3.63) is 90.0 Å². The van der Waals surface area contributed by atoms with E-state index in [1.165, 1.54) is 13.0 Å². The lowest BCUT2D eigenvalue weighted by Gasteiger charge is -2.13. The van der Waals surface area contributed by atoms with Gasteiger partial charge in [0.1, 0.15) is 5.75 Å². The minimum Gasteiger partial charge on any atom is -0.490 e. The third kappa shape index (κ3) is 7.73. The van der Waals surface area contributed by atoms with Crippen LogP contribution >= 0.6 is 0 Å². The van der Waals surface area contributed by atoms with Crippen molar-refractivity contribution in [2.75, 3.05) is 18.5 Å². The second-order valence-electron chi connectivity index (χ2n) is 7.66. The fraction of sp³-hybridized carbons (Fsp3) is 0.179. The van der Waals surface area contributed by atoms with Crippen LogP contribution in [0.1, 0.15) is 29.8 Å². The van der Waals surface area contributed by atoms with E-state index in [9.17, 15) is 14.4 Å². The maximum Gasteiger partial charge on any atom is 0.344 e. The van der Waals surface area contributed by atoms with Gasteiger partial charge in [0.2, 0.25) is 0 Å². The van der Waals surface area contributed by atoms with Gasteiger partial charge in [-0.05, 0) is 74.0 Å². The standard InChI is InChI=1S/C28H27NO7/c1-3-34-26-17-20(10-16-25(26)35-18-27(31)29-22-7-5-4-6-8-22)9-15-24(30)21-11-13-23(14-12-21)36-19(2)28(32)33/h4-17,19H,3,18H2,1-2H3,(H,29,31)(H,32,33)/b15-9+. The Balaban J connectivity index is 1.62. The highest BCUT2D eigenvalue weighted by molar-refractivity contribution is 6.06. The summed E-state index contributed by atoms with van der Waals surface area (Å²) in [4.78, 5) is 35.6. The minimum absolute atomic E-state index is 0.187. The van der Waals surface area contributed by atoms with Crippen molar-refractivity contribution in [1.82, 2.24) is 0 Å². The van der Waals surface area contributed by atoms with Gasteiger partial charge in [-0.1, -0.05) is 30.3 Å². The second kappa shape index (κ2) is 12.8. The van der Waals surface area contributed by atoms with Crippen LogP contribution in [0, 0.1) is 0 Å². The van der Waals surface area contributed by atoms with Gasteiger partial charge in [-0.15, -0.1) is 0 Å². The molecule has 1 unspecified atom stereocenters. The fourth-order valence-corrected chi connectivity index (χ4v) is 3.10. The van der Waals surface area contributed by atoms with E-state index in [2.05, 4.69) is 5.32 Å². The number of carboxylic acids is 1. The first-order valence-electron chi connectivity index (χ1n) is 11.3. The molecule has 3 aromatic carbocycles. The zero-order valence-corrected chi connectivity index (χ0v) is 20.0. The Morgan fingerprint density at radius 1 is 0.944 bits per heavy atom. The number of carboxylic acid groups (broad SMARTS) is 1. The molecule has 0 aliphatic rings.